The number of carbonyl (C=O) groups is 1. The number of carbonyl (C=O) groups excluding carboxylic acids is 1. The number of hydrogen-bond acceptors (Lipinski definition) is 1. The molecule has 0 saturated carbocycles. The summed E-state index contributed by atoms with van der Waals surface area (Å²) < 4.78 is 0.657. The molecule has 2 aromatic carbocycles. The SMILES string of the molecule is CC(C)N(C(=O)c1ccccc1-c1cc(Cl)c(Br)c(Cl)c1)C(C)C. The number of halogens is 3. The van der Waals surface area contributed by atoms with Crippen LogP contribution in [0.1, 0.15) is 38.1 Å². The predicted octanol–water partition coefficient (Wildman–Crippen LogP) is 6.68. The van der Waals surface area contributed by atoms with Gasteiger partial charge in [-0.2, -0.15) is 0 Å². The Bertz CT molecular complexity index is 728. The maximum absolute atomic E-state index is 13.1. The molecule has 1 amide bonds. The second-order valence-electron chi connectivity index (χ2n) is 6.20. The van der Waals surface area contributed by atoms with Crippen molar-refractivity contribution in [1.82, 2.24) is 4.90 Å². The molecule has 128 valence electrons. The van der Waals surface area contributed by atoms with E-state index in [0.717, 1.165) is 11.1 Å². The van der Waals surface area contributed by atoms with E-state index in [-0.39, 0.29) is 18.0 Å². The van der Waals surface area contributed by atoms with Gasteiger partial charge in [0.05, 0.1) is 14.5 Å². The smallest absolute Gasteiger partial charge is 0.254 e. The van der Waals surface area contributed by atoms with Crippen LogP contribution in [0.2, 0.25) is 10.0 Å². The van der Waals surface area contributed by atoms with Crippen LogP contribution in [-0.4, -0.2) is 22.9 Å². The highest BCUT2D eigenvalue weighted by Crippen LogP contribution is 2.36. The highest BCUT2D eigenvalue weighted by Gasteiger charge is 2.24. The van der Waals surface area contributed by atoms with Gasteiger partial charge in [-0.05, 0) is 73.0 Å². The maximum atomic E-state index is 13.1. The molecule has 0 spiro atoms. The molecule has 0 atom stereocenters. The fourth-order valence-electron chi connectivity index (χ4n) is 2.84. The molecule has 0 bridgehead atoms. The molecule has 0 saturated heterocycles. The topological polar surface area (TPSA) is 20.3 Å². The average Bonchev–Trinajstić information content (AvgIpc) is 2.51. The van der Waals surface area contributed by atoms with Crippen molar-refractivity contribution in [3.05, 3.63) is 56.5 Å². The average molecular weight is 429 g/mol. The molecule has 24 heavy (non-hydrogen) atoms. The summed E-state index contributed by atoms with van der Waals surface area (Å²) in [6.07, 6.45) is 0. The fraction of sp³-hybridized carbons (Fsp3) is 0.316. The minimum atomic E-state index is 0.00534. The van der Waals surface area contributed by atoms with E-state index >= 15 is 0 Å². The van der Waals surface area contributed by atoms with Crippen molar-refractivity contribution in [1.29, 1.82) is 0 Å². The molecule has 0 aliphatic heterocycles. The molecule has 2 rings (SSSR count). The third kappa shape index (κ3) is 3.96. The van der Waals surface area contributed by atoms with Crippen molar-refractivity contribution in [2.45, 2.75) is 39.8 Å². The minimum Gasteiger partial charge on any atom is -0.334 e. The van der Waals surface area contributed by atoms with Crippen LogP contribution in [0.5, 0.6) is 0 Å². The molecular formula is C19H20BrCl2NO. The number of hydrogen-bond donors (Lipinski definition) is 0. The van der Waals surface area contributed by atoms with Crippen LogP contribution in [0.3, 0.4) is 0 Å². The van der Waals surface area contributed by atoms with Crippen molar-refractivity contribution < 1.29 is 4.79 Å². The number of rotatable bonds is 4. The van der Waals surface area contributed by atoms with E-state index in [0.29, 0.717) is 20.1 Å². The van der Waals surface area contributed by atoms with E-state index < -0.39 is 0 Å². The molecule has 0 unspecified atom stereocenters. The highest BCUT2D eigenvalue weighted by atomic mass is 79.9. The van der Waals surface area contributed by atoms with E-state index in [1.54, 1.807) is 0 Å². The molecule has 0 fully saturated rings. The first kappa shape index (κ1) is 19.3. The predicted molar refractivity (Wildman–Crippen MR) is 106 cm³/mol. The zero-order valence-electron chi connectivity index (χ0n) is 14.1. The molecule has 0 N–H and O–H groups in total. The summed E-state index contributed by atoms with van der Waals surface area (Å²) in [5.41, 5.74) is 2.30. The van der Waals surface area contributed by atoms with Crippen molar-refractivity contribution in [2.24, 2.45) is 0 Å². The molecule has 0 heterocycles. The number of amides is 1. The zero-order valence-corrected chi connectivity index (χ0v) is 17.2. The van der Waals surface area contributed by atoms with Crippen LogP contribution >= 0.6 is 39.1 Å². The Balaban J connectivity index is 2.58. The lowest BCUT2D eigenvalue weighted by Gasteiger charge is -2.31. The van der Waals surface area contributed by atoms with Gasteiger partial charge in [-0.25, -0.2) is 0 Å². The molecule has 2 nitrogen and oxygen atoms in total. The summed E-state index contributed by atoms with van der Waals surface area (Å²) in [7, 11) is 0. The summed E-state index contributed by atoms with van der Waals surface area (Å²) in [5, 5.41) is 1.04. The molecule has 0 aliphatic rings. The van der Waals surface area contributed by atoms with Crippen LogP contribution in [0, 0.1) is 0 Å². The third-order valence-corrected chi connectivity index (χ3v) is 5.71. The quantitative estimate of drug-likeness (QED) is 0.497. The summed E-state index contributed by atoms with van der Waals surface area (Å²) in [6.45, 7) is 8.09. The van der Waals surface area contributed by atoms with Gasteiger partial charge in [-0.15, -0.1) is 0 Å². The van der Waals surface area contributed by atoms with Gasteiger partial charge in [0, 0.05) is 17.6 Å². The summed E-state index contributed by atoms with van der Waals surface area (Å²) in [5.74, 6) is 0.00534. The van der Waals surface area contributed by atoms with Gasteiger partial charge in [0.1, 0.15) is 0 Å². The van der Waals surface area contributed by atoms with Crippen LogP contribution in [0.25, 0.3) is 11.1 Å². The first-order valence-electron chi connectivity index (χ1n) is 7.80. The van der Waals surface area contributed by atoms with E-state index in [1.807, 2.05) is 69.0 Å². The Morgan fingerprint density at radius 3 is 2.00 bits per heavy atom. The third-order valence-electron chi connectivity index (χ3n) is 3.80. The van der Waals surface area contributed by atoms with Crippen LogP contribution in [-0.2, 0) is 0 Å². The van der Waals surface area contributed by atoms with Crippen molar-refractivity contribution in [3.63, 3.8) is 0 Å². The van der Waals surface area contributed by atoms with Gasteiger partial charge in [-0.3, -0.25) is 4.79 Å². The second kappa shape index (κ2) is 7.90. The lowest BCUT2D eigenvalue weighted by atomic mass is 9.98. The van der Waals surface area contributed by atoms with E-state index in [1.165, 1.54) is 0 Å². The number of benzene rings is 2. The van der Waals surface area contributed by atoms with Crippen LogP contribution < -0.4 is 0 Å². The normalized spacial score (nSPS) is 11.2. The van der Waals surface area contributed by atoms with Gasteiger partial charge in [-0.1, -0.05) is 41.4 Å². The summed E-state index contributed by atoms with van der Waals surface area (Å²) in [6, 6.07) is 11.4. The summed E-state index contributed by atoms with van der Waals surface area (Å²) in [4.78, 5) is 15.0. The summed E-state index contributed by atoms with van der Waals surface area (Å²) >= 11 is 15.8. The first-order valence-corrected chi connectivity index (χ1v) is 9.35. The van der Waals surface area contributed by atoms with Gasteiger partial charge in [0.25, 0.3) is 5.91 Å². The standard InChI is InChI=1S/C19H20BrCl2NO/c1-11(2)23(12(3)4)19(24)15-8-6-5-7-14(15)13-9-16(21)18(20)17(22)10-13/h5-12H,1-4H3. The van der Waals surface area contributed by atoms with Crippen LogP contribution in [0.4, 0.5) is 0 Å². The van der Waals surface area contributed by atoms with Crippen LogP contribution in [0.15, 0.2) is 40.9 Å². The Kier molecular flexibility index (Phi) is 6.35. The van der Waals surface area contributed by atoms with Gasteiger partial charge < -0.3 is 4.90 Å². The maximum Gasteiger partial charge on any atom is 0.254 e. The zero-order chi connectivity index (χ0) is 18.0. The van der Waals surface area contributed by atoms with E-state index in [4.69, 9.17) is 23.2 Å². The molecule has 0 aliphatic carbocycles. The van der Waals surface area contributed by atoms with E-state index in [9.17, 15) is 4.79 Å². The van der Waals surface area contributed by atoms with Gasteiger partial charge in [0.2, 0.25) is 0 Å². The molecule has 0 radical (unpaired) electrons. The number of nitrogens with zero attached hydrogens (tertiary/aromatic N) is 1. The molecule has 5 heteroatoms. The fourth-order valence-corrected chi connectivity index (χ4v) is 3.55. The Morgan fingerprint density at radius 1 is 1.00 bits per heavy atom. The Morgan fingerprint density at radius 2 is 1.50 bits per heavy atom. The molecule has 2 aromatic rings. The van der Waals surface area contributed by atoms with E-state index in [2.05, 4.69) is 15.9 Å². The van der Waals surface area contributed by atoms with Gasteiger partial charge in [0.15, 0.2) is 0 Å². The first-order chi connectivity index (χ1) is 11.2. The van der Waals surface area contributed by atoms with Crippen molar-refractivity contribution in [3.8, 4) is 11.1 Å². The Labute approximate surface area is 161 Å². The molecular weight excluding hydrogens is 409 g/mol. The monoisotopic (exact) mass is 427 g/mol. The lowest BCUT2D eigenvalue weighted by Crippen LogP contribution is -2.42. The van der Waals surface area contributed by atoms with Gasteiger partial charge >= 0.3 is 0 Å². The second-order valence-corrected chi connectivity index (χ2v) is 7.81. The lowest BCUT2D eigenvalue weighted by molar-refractivity contribution is 0.0644. The minimum absolute atomic E-state index is 0.00534. The van der Waals surface area contributed by atoms with Crippen molar-refractivity contribution in [2.75, 3.05) is 0 Å². The van der Waals surface area contributed by atoms with Crippen molar-refractivity contribution >= 4 is 45.0 Å². The Hall–Kier alpha value is -1.03. The largest absolute Gasteiger partial charge is 0.334 e. The highest BCUT2D eigenvalue weighted by molar-refractivity contribution is 9.10. The molecule has 0 aromatic heterocycles.